The summed E-state index contributed by atoms with van der Waals surface area (Å²) in [4.78, 5) is 9.56. The van der Waals surface area contributed by atoms with E-state index in [1.807, 2.05) is 18.2 Å². The van der Waals surface area contributed by atoms with Crippen LogP contribution in [-0.4, -0.2) is 16.5 Å². The first-order valence-electron chi connectivity index (χ1n) is 7.30. The van der Waals surface area contributed by atoms with E-state index < -0.39 is 0 Å². The normalized spacial score (nSPS) is 11.5. The van der Waals surface area contributed by atoms with Crippen LogP contribution in [0.15, 0.2) is 30.3 Å². The summed E-state index contributed by atoms with van der Waals surface area (Å²) in [5, 5.41) is 3.43. The molecule has 0 saturated heterocycles. The Balaban J connectivity index is 2.58. The summed E-state index contributed by atoms with van der Waals surface area (Å²) in [6, 6.07) is 10.3. The fourth-order valence-corrected chi connectivity index (χ4v) is 2.67. The highest BCUT2D eigenvalue weighted by Gasteiger charge is 2.22. The van der Waals surface area contributed by atoms with Gasteiger partial charge in [-0.1, -0.05) is 58.0 Å². The van der Waals surface area contributed by atoms with Crippen molar-refractivity contribution in [3.63, 3.8) is 0 Å². The third-order valence-electron chi connectivity index (χ3n) is 3.11. The first kappa shape index (κ1) is 16.2. The van der Waals surface area contributed by atoms with Gasteiger partial charge in [0.1, 0.15) is 11.6 Å². The number of nitrogens with zero attached hydrogens (tertiary/aromatic N) is 2. The molecule has 0 atom stereocenters. The third kappa shape index (κ3) is 3.93. The largest absolute Gasteiger partial charge is 0.369 e. The molecule has 21 heavy (non-hydrogen) atoms. The molecule has 0 aliphatic heterocycles. The molecule has 112 valence electrons. The van der Waals surface area contributed by atoms with Gasteiger partial charge < -0.3 is 5.32 Å². The summed E-state index contributed by atoms with van der Waals surface area (Å²) in [5.41, 5.74) is 2.07. The second-order valence-electron chi connectivity index (χ2n) is 6.10. The molecule has 1 heterocycles. The van der Waals surface area contributed by atoms with Gasteiger partial charge in [-0.2, -0.15) is 0 Å². The van der Waals surface area contributed by atoms with Gasteiger partial charge in [0.2, 0.25) is 0 Å². The molecule has 0 radical (unpaired) electrons. The Morgan fingerprint density at radius 1 is 1.10 bits per heavy atom. The van der Waals surface area contributed by atoms with Crippen LogP contribution in [0.25, 0.3) is 11.3 Å². The molecule has 1 N–H and O–H groups in total. The van der Waals surface area contributed by atoms with Crippen molar-refractivity contribution in [1.29, 1.82) is 0 Å². The molecule has 4 heteroatoms. The molecule has 0 aliphatic carbocycles. The summed E-state index contributed by atoms with van der Waals surface area (Å²) in [7, 11) is 0. The van der Waals surface area contributed by atoms with E-state index >= 15 is 0 Å². The van der Waals surface area contributed by atoms with Crippen LogP contribution in [0.5, 0.6) is 0 Å². The predicted octanol–water partition coefficient (Wildman–Crippen LogP) is 4.87. The quantitative estimate of drug-likeness (QED) is 0.751. The molecular formula is C17H22IN3. The number of hydrogen-bond donors (Lipinski definition) is 1. The average Bonchev–Trinajstić information content (AvgIpc) is 2.46. The van der Waals surface area contributed by atoms with E-state index in [0.29, 0.717) is 0 Å². The zero-order valence-electron chi connectivity index (χ0n) is 13.1. The molecule has 2 rings (SSSR count). The van der Waals surface area contributed by atoms with Gasteiger partial charge in [-0.05, 0) is 29.0 Å². The maximum atomic E-state index is 4.82. The Morgan fingerprint density at radius 3 is 2.33 bits per heavy atom. The summed E-state index contributed by atoms with van der Waals surface area (Å²) >= 11 is 2.34. The first-order valence-corrected chi connectivity index (χ1v) is 8.38. The standard InChI is InChI=1S/C17H22IN3/c1-5-11-19-15-13(18)14(12-9-7-6-8-10-12)20-16(21-15)17(2,3)4/h6-10H,5,11H2,1-4H3,(H,19,20,21). The highest BCUT2D eigenvalue weighted by atomic mass is 127. The van der Waals surface area contributed by atoms with Crippen molar-refractivity contribution in [3.8, 4) is 11.3 Å². The molecule has 2 aromatic rings. The summed E-state index contributed by atoms with van der Waals surface area (Å²) in [5.74, 6) is 1.82. The van der Waals surface area contributed by atoms with E-state index in [0.717, 1.165) is 39.4 Å². The Hall–Kier alpha value is -1.17. The highest BCUT2D eigenvalue weighted by Crippen LogP contribution is 2.31. The lowest BCUT2D eigenvalue weighted by Crippen LogP contribution is -2.19. The Bertz CT molecular complexity index is 603. The number of hydrogen-bond acceptors (Lipinski definition) is 3. The number of anilines is 1. The predicted molar refractivity (Wildman–Crippen MR) is 97.7 cm³/mol. The lowest BCUT2D eigenvalue weighted by Gasteiger charge is -2.20. The molecule has 0 saturated carbocycles. The minimum absolute atomic E-state index is 0.0729. The van der Waals surface area contributed by atoms with Crippen molar-refractivity contribution < 1.29 is 0 Å². The van der Waals surface area contributed by atoms with Gasteiger partial charge in [-0.15, -0.1) is 0 Å². The minimum atomic E-state index is -0.0729. The average molecular weight is 395 g/mol. The van der Waals surface area contributed by atoms with Crippen LogP contribution in [-0.2, 0) is 5.41 Å². The molecule has 0 bridgehead atoms. The smallest absolute Gasteiger partial charge is 0.143 e. The van der Waals surface area contributed by atoms with Crippen molar-refractivity contribution in [2.24, 2.45) is 0 Å². The van der Waals surface area contributed by atoms with Gasteiger partial charge in [0.05, 0.1) is 9.26 Å². The van der Waals surface area contributed by atoms with Crippen molar-refractivity contribution in [3.05, 3.63) is 39.7 Å². The highest BCUT2D eigenvalue weighted by molar-refractivity contribution is 14.1. The lowest BCUT2D eigenvalue weighted by atomic mass is 9.95. The van der Waals surface area contributed by atoms with Crippen LogP contribution in [0.2, 0.25) is 0 Å². The molecule has 0 unspecified atom stereocenters. The van der Waals surface area contributed by atoms with Crippen LogP contribution < -0.4 is 5.32 Å². The fourth-order valence-electron chi connectivity index (χ4n) is 1.93. The van der Waals surface area contributed by atoms with E-state index in [2.05, 4.69) is 67.7 Å². The maximum Gasteiger partial charge on any atom is 0.143 e. The monoisotopic (exact) mass is 395 g/mol. The maximum absolute atomic E-state index is 4.82. The third-order valence-corrected chi connectivity index (χ3v) is 4.13. The Labute approximate surface area is 140 Å². The van der Waals surface area contributed by atoms with Gasteiger partial charge in [0.15, 0.2) is 0 Å². The number of nitrogens with one attached hydrogen (secondary N) is 1. The summed E-state index contributed by atoms with van der Waals surface area (Å²) < 4.78 is 1.08. The molecule has 0 amide bonds. The Morgan fingerprint density at radius 2 is 1.76 bits per heavy atom. The van der Waals surface area contributed by atoms with E-state index in [1.54, 1.807) is 0 Å². The molecule has 1 aromatic heterocycles. The van der Waals surface area contributed by atoms with Crippen molar-refractivity contribution in [2.45, 2.75) is 39.5 Å². The molecular weight excluding hydrogens is 373 g/mol. The van der Waals surface area contributed by atoms with Gasteiger partial charge in [0, 0.05) is 17.5 Å². The summed E-state index contributed by atoms with van der Waals surface area (Å²) in [6.07, 6.45) is 1.08. The van der Waals surface area contributed by atoms with Crippen molar-refractivity contribution >= 4 is 28.4 Å². The number of benzene rings is 1. The summed E-state index contributed by atoms with van der Waals surface area (Å²) in [6.45, 7) is 9.52. The fraction of sp³-hybridized carbons (Fsp3) is 0.412. The zero-order chi connectivity index (χ0) is 15.5. The van der Waals surface area contributed by atoms with Crippen LogP contribution in [0, 0.1) is 3.57 Å². The van der Waals surface area contributed by atoms with Gasteiger partial charge >= 0.3 is 0 Å². The van der Waals surface area contributed by atoms with E-state index in [1.165, 1.54) is 0 Å². The molecule has 0 fully saturated rings. The van der Waals surface area contributed by atoms with Crippen LogP contribution in [0.4, 0.5) is 5.82 Å². The molecule has 0 aliphatic rings. The van der Waals surface area contributed by atoms with Crippen LogP contribution >= 0.6 is 22.6 Å². The molecule has 0 spiro atoms. The van der Waals surface area contributed by atoms with Crippen LogP contribution in [0.1, 0.15) is 39.9 Å². The van der Waals surface area contributed by atoms with E-state index in [9.17, 15) is 0 Å². The van der Waals surface area contributed by atoms with Crippen molar-refractivity contribution in [2.75, 3.05) is 11.9 Å². The second-order valence-corrected chi connectivity index (χ2v) is 7.18. The molecule has 3 nitrogen and oxygen atoms in total. The Kier molecular flexibility index (Phi) is 5.19. The first-order chi connectivity index (χ1) is 9.93. The topological polar surface area (TPSA) is 37.8 Å². The zero-order valence-corrected chi connectivity index (χ0v) is 15.2. The molecule has 1 aromatic carbocycles. The van der Waals surface area contributed by atoms with Crippen LogP contribution in [0.3, 0.4) is 0 Å². The van der Waals surface area contributed by atoms with E-state index in [-0.39, 0.29) is 5.41 Å². The number of rotatable bonds is 4. The number of aromatic nitrogens is 2. The van der Waals surface area contributed by atoms with Gasteiger partial charge in [-0.3, -0.25) is 0 Å². The SMILES string of the molecule is CCCNc1nc(C(C)(C)C)nc(-c2ccccc2)c1I. The lowest BCUT2D eigenvalue weighted by molar-refractivity contribution is 0.546. The second kappa shape index (κ2) is 6.73. The van der Waals surface area contributed by atoms with Gasteiger partial charge in [-0.25, -0.2) is 9.97 Å². The van der Waals surface area contributed by atoms with E-state index in [4.69, 9.17) is 9.97 Å². The number of halogens is 1. The minimum Gasteiger partial charge on any atom is -0.369 e. The van der Waals surface area contributed by atoms with Crippen molar-refractivity contribution in [1.82, 2.24) is 9.97 Å². The van der Waals surface area contributed by atoms with Gasteiger partial charge in [0.25, 0.3) is 0 Å².